The average molecular weight is 295 g/mol. The maximum absolute atomic E-state index is 12.4. The molecule has 0 aliphatic carbocycles. The molecular formula is C11H4F3N5S. The molecule has 20 heavy (non-hydrogen) atoms. The van der Waals surface area contributed by atoms with Gasteiger partial charge >= 0.3 is 6.18 Å². The van der Waals surface area contributed by atoms with Gasteiger partial charge in [0.25, 0.3) is 0 Å². The molecule has 1 aromatic carbocycles. The molecule has 0 fully saturated rings. The molecule has 0 saturated carbocycles. The van der Waals surface area contributed by atoms with Gasteiger partial charge in [-0.25, -0.2) is 0 Å². The van der Waals surface area contributed by atoms with Crippen LogP contribution >= 0.6 is 11.8 Å². The first-order valence-corrected chi connectivity index (χ1v) is 5.88. The van der Waals surface area contributed by atoms with Crippen LogP contribution in [-0.4, -0.2) is 15.2 Å². The van der Waals surface area contributed by atoms with Gasteiger partial charge in [0.2, 0.25) is 11.0 Å². The third-order valence-electron chi connectivity index (χ3n) is 2.19. The lowest BCUT2D eigenvalue weighted by molar-refractivity contribution is -0.144. The maximum atomic E-state index is 12.4. The van der Waals surface area contributed by atoms with Crippen LogP contribution in [0, 0.1) is 22.7 Å². The first-order chi connectivity index (χ1) is 9.45. The Labute approximate surface area is 115 Å². The summed E-state index contributed by atoms with van der Waals surface area (Å²) in [6.07, 6.45) is -4.61. The number of nitriles is 2. The van der Waals surface area contributed by atoms with Crippen molar-refractivity contribution >= 4 is 11.8 Å². The van der Waals surface area contributed by atoms with E-state index in [1.807, 2.05) is 12.1 Å². The molecule has 0 aliphatic rings. The van der Waals surface area contributed by atoms with Crippen molar-refractivity contribution in [3.63, 3.8) is 0 Å². The van der Waals surface area contributed by atoms with E-state index in [1.54, 1.807) is 5.10 Å². The van der Waals surface area contributed by atoms with Crippen molar-refractivity contribution in [3.05, 3.63) is 35.2 Å². The molecule has 2 aromatic rings. The standard InChI is InChI=1S/C11H4F3N5S/c12-11(13,14)9-17-10(19-18-9)20-8-3-1-2-6(4-15)7(8)5-16/h1-3H,(H,17,18,19). The van der Waals surface area contributed by atoms with E-state index < -0.39 is 12.0 Å². The largest absolute Gasteiger partial charge is 0.451 e. The summed E-state index contributed by atoms with van der Waals surface area (Å²) in [4.78, 5) is 3.61. The minimum Gasteiger partial charge on any atom is -0.254 e. The predicted octanol–water partition coefficient (Wildman–Crippen LogP) is 2.72. The van der Waals surface area contributed by atoms with Crippen LogP contribution in [0.15, 0.2) is 28.3 Å². The van der Waals surface area contributed by atoms with Gasteiger partial charge in [-0.05, 0) is 23.9 Å². The van der Waals surface area contributed by atoms with Gasteiger partial charge in [-0.3, -0.25) is 5.10 Å². The van der Waals surface area contributed by atoms with E-state index in [-0.39, 0.29) is 16.3 Å². The molecule has 9 heteroatoms. The summed E-state index contributed by atoms with van der Waals surface area (Å²) >= 11 is 0.778. The van der Waals surface area contributed by atoms with Gasteiger partial charge in [-0.1, -0.05) is 6.07 Å². The molecule has 0 amide bonds. The highest BCUT2D eigenvalue weighted by molar-refractivity contribution is 7.99. The van der Waals surface area contributed by atoms with E-state index >= 15 is 0 Å². The van der Waals surface area contributed by atoms with Gasteiger partial charge in [0, 0.05) is 4.90 Å². The quantitative estimate of drug-likeness (QED) is 0.920. The summed E-state index contributed by atoms with van der Waals surface area (Å²) in [7, 11) is 0. The third-order valence-corrected chi connectivity index (χ3v) is 3.12. The van der Waals surface area contributed by atoms with Gasteiger partial charge < -0.3 is 0 Å². The van der Waals surface area contributed by atoms with Crippen LogP contribution in [0.5, 0.6) is 0 Å². The fourth-order valence-electron chi connectivity index (χ4n) is 1.34. The summed E-state index contributed by atoms with van der Waals surface area (Å²) in [5.74, 6) is -1.21. The average Bonchev–Trinajstić information content (AvgIpc) is 2.87. The van der Waals surface area contributed by atoms with Crippen molar-refractivity contribution in [3.8, 4) is 12.1 Å². The van der Waals surface area contributed by atoms with Crippen molar-refractivity contribution in [2.24, 2.45) is 0 Å². The molecule has 0 spiro atoms. The lowest BCUT2D eigenvalue weighted by atomic mass is 10.1. The number of alkyl halides is 3. The van der Waals surface area contributed by atoms with Crippen molar-refractivity contribution in [1.82, 2.24) is 15.2 Å². The third kappa shape index (κ3) is 2.73. The monoisotopic (exact) mass is 295 g/mol. The summed E-state index contributed by atoms with van der Waals surface area (Å²) in [6.45, 7) is 0. The highest BCUT2D eigenvalue weighted by Gasteiger charge is 2.35. The van der Waals surface area contributed by atoms with Crippen molar-refractivity contribution < 1.29 is 13.2 Å². The fraction of sp³-hybridized carbons (Fsp3) is 0.0909. The van der Waals surface area contributed by atoms with Crippen LogP contribution in [0.3, 0.4) is 0 Å². The van der Waals surface area contributed by atoms with Crippen LogP contribution in [0.4, 0.5) is 13.2 Å². The minimum absolute atomic E-state index is 0.0818. The highest BCUT2D eigenvalue weighted by atomic mass is 32.2. The lowest BCUT2D eigenvalue weighted by Gasteiger charge is -2.01. The van der Waals surface area contributed by atoms with Crippen LogP contribution in [0.1, 0.15) is 17.0 Å². The van der Waals surface area contributed by atoms with Crippen molar-refractivity contribution in [2.45, 2.75) is 16.2 Å². The SMILES string of the molecule is N#Cc1cccc(Sc2n[nH]c(C(F)(F)F)n2)c1C#N. The molecule has 0 bridgehead atoms. The molecule has 1 aromatic heterocycles. The van der Waals surface area contributed by atoms with E-state index in [0.717, 1.165) is 11.8 Å². The van der Waals surface area contributed by atoms with Crippen LogP contribution in [0.25, 0.3) is 0 Å². The number of aromatic nitrogens is 3. The maximum Gasteiger partial charge on any atom is 0.451 e. The second-order valence-electron chi connectivity index (χ2n) is 3.47. The number of benzene rings is 1. The number of halogens is 3. The minimum atomic E-state index is -4.61. The molecule has 0 unspecified atom stereocenters. The van der Waals surface area contributed by atoms with E-state index in [1.165, 1.54) is 18.2 Å². The summed E-state index contributed by atoms with van der Waals surface area (Å²) < 4.78 is 37.1. The summed E-state index contributed by atoms with van der Waals surface area (Å²) in [5.41, 5.74) is 0.224. The van der Waals surface area contributed by atoms with Gasteiger partial charge in [0.1, 0.15) is 12.1 Å². The molecule has 0 saturated heterocycles. The zero-order valence-corrected chi connectivity index (χ0v) is 10.4. The second kappa shape index (κ2) is 5.23. The smallest absolute Gasteiger partial charge is 0.254 e. The number of hydrogen-bond acceptors (Lipinski definition) is 5. The second-order valence-corrected chi connectivity index (χ2v) is 4.48. The number of rotatable bonds is 2. The molecule has 0 atom stereocenters. The Morgan fingerprint density at radius 3 is 2.50 bits per heavy atom. The van der Waals surface area contributed by atoms with Gasteiger partial charge in [0.15, 0.2) is 0 Å². The van der Waals surface area contributed by atoms with Gasteiger partial charge in [-0.2, -0.15) is 28.7 Å². The van der Waals surface area contributed by atoms with E-state index in [9.17, 15) is 13.2 Å². The Morgan fingerprint density at radius 2 is 1.95 bits per heavy atom. The molecule has 1 heterocycles. The van der Waals surface area contributed by atoms with E-state index in [0.29, 0.717) is 4.90 Å². The first kappa shape index (κ1) is 13.9. The molecule has 0 aliphatic heterocycles. The molecule has 100 valence electrons. The van der Waals surface area contributed by atoms with Crippen LogP contribution < -0.4 is 0 Å². The van der Waals surface area contributed by atoms with Gasteiger partial charge in [-0.15, -0.1) is 5.10 Å². The lowest BCUT2D eigenvalue weighted by Crippen LogP contribution is -2.07. The number of aromatic amines is 1. The van der Waals surface area contributed by atoms with Crippen molar-refractivity contribution in [2.75, 3.05) is 0 Å². The fourth-order valence-corrected chi connectivity index (χ4v) is 2.17. The van der Waals surface area contributed by atoms with Gasteiger partial charge in [0.05, 0.1) is 11.1 Å². The Morgan fingerprint density at radius 1 is 1.20 bits per heavy atom. The van der Waals surface area contributed by atoms with E-state index in [2.05, 4.69) is 10.1 Å². The summed E-state index contributed by atoms with van der Waals surface area (Å²) in [5, 5.41) is 22.9. The Bertz CT molecular complexity index is 723. The van der Waals surface area contributed by atoms with Crippen molar-refractivity contribution in [1.29, 1.82) is 10.5 Å². The first-order valence-electron chi connectivity index (χ1n) is 5.06. The number of nitrogens with zero attached hydrogens (tertiary/aromatic N) is 4. The normalized spacial score (nSPS) is 10.8. The molecule has 1 N–H and O–H groups in total. The Balaban J connectivity index is 2.35. The summed E-state index contributed by atoms with van der Waals surface area (Å²) in [6, 6.07) is 8.16. The van der Waals surface area contributed by atoms with Crippen LogP contribution in [0.2, 0.25) is 0 Å². The van der Waals surface area contributed by atoms with Crippen LogP contribution in [-0.2, 0) is 6.18 Å². The zero-order valence-electron chi connectivity index (χ0n) is 9.56. The van der Waals surface area contributed by atoms with E-state index in [4.69, 9.17) is 10.5 Å². The number of hydrogen-bond donors (Lipinski definition) is 1. The Kier molecular flexibility index (Phi) is 3.63. The number of H-pyrrole nitrogens is 1. The predicted molar refractivity (Wildman–Crippen MR) is 61.4 cm³/mol. The molecular weight excluding hydrogens is 291 g/mol. The number of nitrogens with one attached hydrogen (secondary N) is 1. The Hall–Kier alpha value is -2.52. The molecule has 2 rings (SSSR count). The topological polar surface area (TPSA) is 89.2 Å². The molecule has 5 nitrogen and oxygen atoms in total. The molecule has 0 radical (unpaired) electrons. The highest BCUT2D eigenvalue weighted by Crippen LogP contribution is 2.32. The zero-order chi connectivity index (χ0) is 14.8.